The molecule has 0 saturated carbocycles. The Balaban J connectivity index is 2.09. The molecule has 0 heterocycles. The van der Waals surface area contributed by atoms with Gasteiger partial charge < -0.3 is 4.90 Å². The van der Waals surface area contributed by atoms with Crippen molar-refractivity contribution < 1.29 is 4.79 Å². The van der Waals surface area contributed by atoms with Gasteiger partial charge in [0.2, 0.25) is 0 Å². The second kappa shape index (κ2) is 8.82. The van der Waals surface area contributed by atoms with E-state index in [0.29, 0.717) is 11.1 Å². The Morgan fingerprint density at radius 1 is 0.690 bits per heavy atom. The SMILES string of the molecule is N#CC(C#N)=C(C#N)c1ccc(N(c2ccccc2)c2ccc(C=O)cc2)cc1. The van der Waals surface area contributed by atoms with Crippen LogP contribution < -0.4 is 4.90 Å². The van der Waals surface area contributed by atoms with Crippen LogP contribution in [0.1, 0.15) is 15.9 Å². The Morgan fingerprint density at radius 2 is 1.21 bits per heavy atom. The molecule has 0 radical (unpaired) electrons. The third kappa shape index (κ3) is 4.03. The van der Waals surface area contributed by atoms with Gasteiger partial charge in [-0.05, 0) is 54.1 Å². The number of benzene rings is 3. The van der Waals surface area contributed by atoms with Crippen LogP contribution in [0, 0.1) is 34.0 Å². The number of rotatable bonds is 5. The average molecular weight is 374 g/mol. The first-order valence-electron chi connectivity index (χ1n) is 8.67. The Bertz CT molecular complexity index is 1160. The molecule has 5 heteroatoms. The van der Waals surface area contributed by atoms with Crippen molar-refractivity contribution >= 4 is 28.9 Å². The van der Waals surface area contributed by atoms with E-state index >= 15 is 0 Å². The molecule has 136 valence electrons. The topological polar surface area (TPSA) is 91.7 Å². The molecule has 5 nitrogen and oxygen atoms in total. The van der Waals surface area contributed by atoms with Gasteiger partial charge in [-0.1, -0.05) is 30.3 Å². The Labute approximate surface area is 168 Å². The van der Waals surface area contributed by atoms with E-state index in [1.165, 1.54) is 0 Å². The van der Waals surface area contributed by atoms with Gasteiger partial charge >= 0.3 is 0 Å². The van der Waals surface area contributed by atoms with E-state index in [1.807, 2.05) is 65.6 Å². The predicted molar refractivity (Wildman–Crippen MR) is 110 cm³/mol. The Hall–Kier alpha value is -4.66. The van der Waals surface area contributed by atoms with Crippen molar-refractivity contribution in [3.05, 3.63) is 95.6 Å². The lowest BCUT2D eigenvalue weighted by atomic mass is 10.0. The fraction of sp³-hybridized carbons (Fsp3) is 0. The minimum Gasteiger partial charge on any atom is -0.311 e. The van der Waals surface area contributed by atoms with Gasteiger partial charge in [0.05, 0.1) is 5.57 Å². The van der Waals surface area contributed by atoms with Crippen molar-refractivity contribution in [1.29, 1.82) is 15.8 Å². The molecule has 0 aliphatic heterocycles. The largest absolute Gasteiger partial charge is 0.311 e. The predicted octanol–water partition coefficient (Wildman–Crippen LogP) is 5.29. The van der Waals surface area contributed by atoms with Gasteiger partial charge in [-0.3, -0.25) is 4.79 Å². The van der Waals surface area contributed by atoms with Gasteiger partial charge in [0.1, 0.15) is 30.1 Å². The van der Waals surface area contributed by atoms with Crippen LogP contribution in [-0.4, -0.2) is 6.29 Å². The molecule has 3 rings (SSSR count). The maximum Gasteiger partial charge on any atom is 0.150 e. The average Bonchev–Trinajstić information content (AvgIpc) is 2.79. The van der Waals surface area contributed by atoms with E-state index in [2.05, 4.69) is 0 Å². The molecule has 3 aromatic carbocycles. The zero-order chi connectivity index (χ0) is 20.6. The number of carbonyl (C=O) groups excluding carboxylic acids is 1. The minimum atomic E-state index is -0.218. The van der Waals surface area contributed by atoms with E-state index in [4.69, 9.17) is 10.5 Å². The zero-order valence-corrected chi connectivity index (χ0v) is 15.3. The van der Waals surface area contributed by atoms with Crippen molar-refractivity contribution in [2.24, 2.45) is 0 Å². The highest BCUT2D eigenvalue weighted by Gasteiger charge is 2.14. The smallest absolute Gasteiger partial charge is 0.150 e. The summed E-state index contributed by atoms with van der Waals surface area (Å²) in [5.74, 6) is 0. The van der Waals surface area contributed by atoms with Crippen LogP contribution in [0.3, 0.4) is 0 Å². The van der Waals surface area contributed by atoms with Crippen LogP contribution in [0.4, 0.5) is 17.1 Å². The minimum absolute atomic E-state index is 0.0446. The lowest BCUT2D eigenvalue weighted by Gasteiger charge is -2.25. The first kappa shape index (κ1) is 19.1. The van der Waals surface area contributed by atoms with Crippen molar-refractivity contribution in [1.82, 2.24) is 0 Å². The summed E-state index contributed by atoms with van der Waals surface area (Å²) in [6.07, 6.45) is 0.795. The first-order valence-corrected chi connectivity index (χ1v) is 8.67. The molecule has 0 saturated heterocycles. The molecule has 0 atom stereocenters. The molecule has 0 amide bonds. The van der Waals surface area contributed by atoms with Gasteiger partial charge in [-0.15, -0.1) is 0 Å². The summed E-state index contributed by atoms with van der Waals surface area (Å²) in [6.45, 7) is 0. The van der Waals surface area contributed by atoms with Crippen molar-refractivity contribution in [2.45, 2.75) is 0 Å². The zero-order valence-electron chi connectivity index (χ0n) is 15.3. The summed E-state index contributed by atoms with van der Waals surface area (Å²) in [6, 6.07) is 29.4. The summed E-state index contributed by atoms with van der Waals surface area (Å²) in [7, 11) is 0. The van der Waals surface area contributed by atoms with E-state index < -0.39 is 0 Å². The number of allylic oxidation sites excluding steroid dienone is 2. The molecule has 0 bridgehead atoms. The van der Waals surface area contributed by atoms with Crippen molar-refractivity contribution in [3.8, 4) is 18.2 Å². The van der Waals surface area contributed by atoms with Crippen LogP contribution in [-0.2, 0) is 0 Å². The quantitative estimate of drug-likeness (QED) is 0.447. The third-order valence-electron chi connectivity index (χ3n) is 4.30. The molecule has 0 aliphatic rings. The van der Waals surface area contributed by atoms with Crippen molar-refractivity contribution in [3.63, 3.8) is 0 Å². The molecule has 0 fully saturated rings. The summed E-state index contributed by atoms with van der Waals surface area (Å²) < 4.78 is 0. The van der Waals surface area contributed by atoms with E-state index in [0.717, 1.165) is 23.3 Å². The van der Waals surface area contributed by atoms with Gasteiger partial charge in [0.15, 0.2) is 0 Å². The molecule has 0 N–H and O–H groups in total. The highest BCUT2D eigenvalue weighted by atomic mass is 16.1. The van der Waals surface area contributed by atoms with E-state index in [-0.39, 0.29) is 11.1 Å². The third-order valence-corrected chi connectivity index (χ3v) is 4.30. The maximum atomic E-state index is 11.0. The number of nitriles is 3. The van der Waals surface area contributed by atoms with Crippen molar-refractivity contribution in [2.75, 3.05) is 4.90 Å². The van der Waals surface area contributed by atoms with E-state index in [9.17, 15) is 10.1 Å². The normalized spacial score (nSPS) is 9.41. The molecule has 0 spiro atoms. The monoisotopic (exact) mass is 374 g/mol. The number of aldehydes is 1. The van der Waals surface area contributed by atoms with Crippen LogP contribution in [0.2, 0.25) is 0 Å². The number of para-hydroxylation sites is 1. The van der Waals surface area contributed by atoms with Crippen LogP contribution in [0.5, 0.6) is 0 Å². The molecule has 0 aliphatic carbocycles. The summed E-state index contributed by atoms with van der Waals surface area (Å²) in [4.78, 5) is 13.0. The number of hydrogen-bond acceptors (Lipinski definition) is 5. The lowest BCUT2D eigenvalue weighted by Crippen LogP contribution is -2.09. The fourth-order valence-electron chi connectivity index (χ4n) is 2.90. The highest BCUT2D eigenvalue weighted by molar-refractivity contribution is 5.86. The summed E-state index contributed by atoms with van der Waals surface area (Å²) in [5, 5.41) is 27.5. The van der Waals surface area contributed by atoms with Gasteiger partial charge in [0.25, 0.3) is 0 Å². The Kier molecular flexibility index (Phi) is 5.81. The number of carbonyl (C=O) groups is 1. The van der Waals surface area contributed by atoms with Gasteiger partial charge in [-0.2, -0.15) is 15.8 Å². The standard InChI is InChI=1S/C24H14N4O/c25-14-20(15-26)24(16-27)19-8-12-23(13-9-19)28(21-4-2-1-3-5-21)22-10-6-18(17-29)7-11-22/h1-13,17H. The second-order valence-corrected chi connectivity index (χ2v) is 6.01. The highest BCUT2D eigenvalue weighted by Crippen LogP contribution is 2.35. The molecular formula is C24H14N4O. The molecule has 0 unspecified atom stereocenters. The maximum absolute atomic E-state index is 11.0. The number of nitrogens with zero attached hydrogens (tertiary/aromatic N) is 4. The Morgan fingerprint density at radius 3 is 1.69 bits per heavy atom. The number of anilines is 3. The molecule has 0 aromatic heterocycles. The van der Waals surface area contributed by atoms with Gasteiger partial charge in [-0.25, -0.2) is 0 Å². The second-order valence-electron chi connectivity index (χ2n) is 6.01. The molecule has 29 heavy (non-hydrogen) atoms. The first-order chi connectivity index (χ1) is 14.2. The summed E-state index contributed by atoms with van der Waals surface area (Å²) in [5.41, 5.74) is 3.52. The van der Waals surface area contributed by atoms with Crippen LogP contribution >= 0.6 is 0 Å². The van der Waals surface area contributed by atoms with E-state index in [1.54, 1.807) is 36.4 Å². The van der Waals surface area contributed by atoms with Crippen LogP contribution in [0.15, 0.2) is 84.4 Å². The van der Waals surface area contributed by atoms with Crippen LogP contribution in [0.25, 0.3) is 5.57 Å². The lowest BCUT2D eigenvalue weighted by molar-refractivity contribution is 0.112. The summed E-state index contributed by atoms with van der Waals surface area (Å²) >= 11 is 0. The number of hydrogen-bond donors (Lipinski definition) is 0. The van der Waals surface area contributed by atoms with Gasteiger partial charge in [0, 0.05) is 22.6 Å². The fourth-order valence-corrected chi connectivity index (χ4v) is 2.90. The molecular weight excluding hydrogens is 360 g/mol. The molecule has 3 aromatic rings.